The van der Waals surface area contributed by atoms with Gasteiger partial charge in [-0.25, -0.2) is 13.1 Å². The fraction of sp³-hybridized carbons (Fsp3) is 0.348. The van der Waals surface area contributed by atoms with E-state index in [1.54, 1.807) is 26.0 Å². The molecule has 1 aromatic heterocycles. The Bertz CT molecular complexity index is 1420. The number of rotatable bonds is 6. The minimum absolute atomic E-state index is 0.00613. The summed E-state index contributed by atoms with van der Waals surface area (Å²) in [6.45, 7) is 5.12. The van der Waals surface area contributed by atoms with Crippen molar-refractivity contribution in [2.45, 2.75) is 56.0 Å². The lowest BCUT2D eigenvalue weighted by molar-refractivity contribution is -0.138. The van der Waals surface area contributed by atoms with Gasteiger partial charge in [-0.3, -0.25) is 10.1 Å². The van der Waals surface area contributed by atoms with E-state index in [0.717, 1.165) is 12.0 Å². The van der Waals surface area contributed by atoms with Gasteiger partial charge in [-0.2, -0.15) is 13.2 Å². The van der Waals surface area contributed by atoms with Gasteiger partial charge in [-0.15, -0.1) is 10.2 Å². The number of alkyl halides is 3. The fourth-order valence-electron chi connectivity index (χ4n) is 3.77. The molecule has 14 heteroatoms. The van der Waals surface area contributed by atoms with E-state index in [1.165, 1.54) is 30.3 Å². The Balaban J connectivity index is 1.65. The van der Waals surface area contributed by atoms with Gasteiger partial charge in [0.1, 0.15) is 17.5 Å². The second-order valence-electron chi connectivity index (χ2n) is 8.86. The maximum Gasteiger partial charge on any atom is 0.445 e. The molecule has 0 saturated carbocycles. The van der Waals surface area contributed by atoms with Gasteiger partial charge < -0.3 is 9.84 Å². The number of hydrogen-bond donors (Lipinski definition) is 3. The first kappa shape index (κ1) is 27.0. The number of nitrogens with zero attached hydrogens (tertiary/aromatic N) is 2. The summed E-state index contributed by atoms with van der Waals surface area (Å²) in [6.07, 6.45) is -5.32. The molecule has 0 fully saturated rings. The van der Waals surface area contributed by atoms with Gasteiger partial charge >= 0.3 is 6.18 Å². The molecule has 1 aliphatic rings. The first-order chi connectivity index (χ1) is 17.2. The highest BCUT2D eigenvalue weighted by Crippen LogP contribution is 2.41. The van der Waals surface area contributed by atoms with Gasteiger partial charge in [0.2, 0.25) is 20.2 Å². The van der Waals surface area contributed by atoms with Crippen LogP contribution in [0.1, 0.15) is 53.3 Å². The van der Waals surface area contributed by atoms with Crippen LogP contribution in [0.15, 0.2) is 47.4 Å². The number of sulfonamides is 1. The smallest absolute Gasteiger partial charge is 0.445 e. The molecule has 0 radical (unpaired) electrons. The number of nitrogens with one attached hydrogen (secondary N) is 2. The van der Waals surface area contributed by atoms with E-state index in [0.29, 0.717) is 0 Å². The monoisotopic (exact) mass is 556 g/mol. The minimum Gasteiger partial charge on any atom is -0.485 e. The number of aliphatic hydroxyl groups excluding tert-OH is 1. The number of benzene rings is 2. The summed E-state index contributed by atoms with van der Waals surface area (Å²) in [5, 5.41) is 18.0. The predicted molar refractivity (Wildman–Crippen MR) is 129 cm³/mol. The molecule has 198 valence electrons. The summed E-state index contributed by atoms with van der Waals surface area (Å²) in [4.78, 5) is 12.7. The van der Waals surface area contributed by atoms with Crippen molar-refractivity contribution in [3.63, 3.8) is 0 Å². The molecule has 0 bridgehead atoms. The molecule has 2 atom stereocenters. The van der Waals surface area contributed by atoms with Gasteiger partial charge in [0.05, 0.1) is 10.9 Å². The van der Waals surface area contributed by atoms with Gasteiger partial charge in [0.15, 0.2) is 0 Å². The molecule has 4 rings (SSSR count). The molecule has 2 heterocycles. The molecule has 3 aromatic rings. The van der Waals surface area contributed by atoms with Crippen molar-refractivity contribution in [3.05, 3.63) is 64.2 Å². The Hall–Kier alpha value is -3.07. The van der Waals surface area contributed by atoms with Gasteiger partial charge in [-0.1, -0.05) is 30.4 Å². The molecule has 0 unspecified atom stereocenters. The van der Waals surface area contributed by atoms with Crippen LogP contribution < -0.4 is 14.8 Å². The molecule has 1 amide bonds. The largest absolute Gasteiger partial charge is 0.485 e. The zero-order chi connectivity index (χ0) is 27.2. The number of carbonyl (C=O) groups is 1. The summed E-state index contributed by atoms with van der Waals surface area (Å²) in [7, 11) is -4.09. The van der Waals surface area contributed by atoms with Crippen molar-refractivity contribution in [1.29, 1.82) is 0 Å². The Kier molecular flexibility index (Phi) is 7.05. The average molecular weight is 557 g/mol. The highest BCUT2D eigenvalue weighted by Gasteiger charge is 2.45. The Morgan fingerprint density at radius 3 is 2.43 bits per heavy atom. The molecule has 0 saturated heterocycles. The molecule has 3 N–H and O–H groups in total. The standard InChI is InChI=1S/C23H23F3N4O5S2/c1-4-12-5-8-14(9-6-12)37(33,34)30-17-15-11-13(7-10-16(15)35-22(2,3)18(17)31)19(32)27-21-29-28-20(36-21)23(24,25)26/h5-11,17-18,30-31H,4H2,1-3H3,(H,27,29,32)/t17-,18+/m1/s1. The number of amides is 1. The average Bonchev–Trinajstić information content (AvgIpc) is 3.31. The zero-order valence-corrected chi connectivity index (χ0v) is 21.5. The summed E-state index contributed by atoms with van der Waals surface area (Å²) < 4.78 is 73.0. The number of halogens is 3. The quantitative estimate of drug-likeness (QED) is 0.420. The van der Waals surface area contributed by atoms with E-state index in [1.807, 2.05) is 6.92 Å². The number of fused-ring (bicyclic) bond motifs is 1. The molecule has 0 aliphatic carbocycles. The van der Waals surface area contributed by atoms with Gasteiger partial charge in [0.25, 0.3) is 5.91 Å². The minimum atomic E-state index is -4.70. The van der Waals surface area contributed by atoms with E-state index in [4.69, 9.17) is 4.74 Å². The van der Waals surface area contributed by atoms with Crippen molar-refractivity contribution in [2.24, 2.45) is 0 Å². The summed E-state index contributed by atoms with van der Waals surface area (Å²) in [6, 6.07) is 9.20. The van der Waals surface area contributed by atoms with Gasteiger partial charge in [0, 0.05) is 11.1 Å². The number of aryl methyl sites for hydroxylation is 1. The Morgan fingerprint density at radius 1 is 1.16 bits per heavy atom. The molecular weight excluding hydrogens is 533 g/mol. The van der Waals surface area contributed by atoms with E-state index in [-0.39, 0.29) is 38.2 Å². The van der Waals surface area contributed by atoms with Crippen LogP contribution in [0.3, 0.4) is 0 Å². The Labute approximate surface area is 214 Å². The molecular formula is C23H23F3N4O5S2. The summed E-state index contributed by atoms with van der Waals surface area (Å²) >= 11 is 0.165. The number of hydrogen-bond acceptors (Lipinski definition) is 8. The number of ether oxygens (including phenoxy) is 1. The summed E-state index contributed by atoms with van der Waals surface area (Å²) in [5.41, 5.74) is -0.0720. The number of aromatic nitrogens is 2. The number of anilines is 1. The third-order valence-corrected chi connectivity index (χ3v) is 8.16. The van der Waals surface area contributed by atoms with Crippen LogP contribution in [-0.4, -0.2) is 41.3 Å². The van der Waals surface area contributed by atoms with Crippen LogP contribution in [-0.2, 0) is 22.6 Å². The van der Waals surface area contributed by atoms with Crippen molar-refractivity contribution in [2.75, 3.05) is 5.32 Å². The second kappa shape index (κ2) is 9.67. The zero-order valence-electron chi connectivity index (χ0n) is 19.8. The van der Waals surface area contributed by atoms with Crippen molar-refractivity contribution >= 4 is 32.4 Å². The number of carbonyl (C=O) groups excluding carboxylic acids is 1. The second-order valence-corrected chi connectivity index (χ2v) is 11.6. The first-order valence-electron chi connectivity index (χ1n) is 11.1. The molecule has 0 spiro atoms. The van der Waals surface area contributed by atoms with Crippen LogP contribution in [0.5, 0.6) is 5.75 Å². The lowest BCUT2D eigenvalue weighted by atomic mass is 9.86. The van der Waals surface area contributed by atoms with E-state index >= 15 is 0 Å². The lowest BCUT2D eigenvalue weighted by Gasteiger charge is -2.42. The predicted octanol–water partition coefficient (Wildman–Crippen LogP) is 3.92. The normalized spacial score (nSPS) is 19.1. The fourth-order valence-corrected chi connectivity index (χ4v) is 5.59. The van der Waals surface area contributed by atoms with Crippen molar-refractivity contribution in [3.8, 4) is 5.75 Å². The molecule has 37 heavy (non-hydrogen) atoms. The van der Waals surface area contributed by atoms with E-state index in [9.17, 15) is 31.5 Å². The maximum absolute atomic E-state index is 13.2. The van der Waals surface area contributed by atoms with Crippen molar-refractivity contribution in [1.82, 2.24) is 14.9 Å². The topological polar surface area (TPSA) is 131 Å². The van der Waals surface area contributed by atoms with Crippen LogP contribution in [0.4, 0.5) is 18.3 Å². The molecule has 9 nitrogen and oxygen atoms in total. The SMILES string of the molecule is CCc1ccc(S(=O)(=O)N[C@@H]2c3cc(C(=O)Nc4nnc(C(F)(F)F)s4)ccc3OC(C)(C)[C@H]2O)cc1. The number of aliphatic hydroxyl groups is 1. The molecule has 1 aliphatic heterocycles. The molecule has 2 aromatic carbocycles. The van der Waals surface area contributed by atoms with Crippen LogP contribution in [0.25, 0.3) is 0 Å². The van der Waals surface area contributed by atoms with Gasteiger partial charge in [-0.05, 0) is 56.2 Å². The third-order valence-electron chi connectivity index (χ3n) is 5.82. The highest BCUT2D eigenvalue weighted by atomic mass is 32.2. The van der Waals surface area contributed by atoms with E-state index < -0.39 is 44.9 Å². The summed E-state index contributed by atoms with van der Waals surface area (Å²) in [5.74, 6) is -0.570. The maximum atomic E-state index is 13.2. The Morgan fingerprint density at radius 2 is 1.84 bits per heavy atom. The van der Waals surface area contributed by atoms with E-state index in [2.05, 4.69) is 20.2 Å². The van der Waals surface area contributed by atoms with Crippen LogP contribution in [0.2, 0.25) is 0 Å². The third kappa shape index (κ3) is 5.61. The van der Waals surface area contributed by atoms with Crippen LogP contribution >= 0.6 is 11.3 Å². The van der Waals surface area contributed by atoms with Crippen molar-refractivity contribution < 1.29 is 36.2 Å². The van der Waals surface area contributed by atoms with Crippen LogP contribution in [0, 0.1) is 0 Å². The first-order valence-corrected chi connectivity index (χ1v) is 13.4. The lowest BCUT2D eigenvalue weighted by Crippen LogP contribution is -2.53. The highest BCUT2D eigenvalue weighted by molar-refractivity contribution is 7.89.